The Morgan fingerprint density at radius 1 is 1.26 bits per heavy atom. The molecule has 1 saturated heterocycles. The number of nitrogens with one attached hydrogen (secondary N) is 1. The fraction of sp³-hybridized carbons (Fsp3) is 0.789. The number of aromatic nitrogens is 2. The summed E-state index contributed by atoms with van der Waals surface area (Å²) < 4.78 is 12.8. The minimum Gasteiger partial charge on any atom is -0.394 e. The second kappa shape index (κ2) is 9.64. The van der Waals surface area contributed by atoms with Crippen LogP contribution in [0.4, 0.5) is 0 Å². The number of H-pyrrole nitrogens is 1. The van der Waals surface area contributed by atoms with Crippen molar-refractivity contribution < 1.29 is 19.7 Å². The molecule has 1 aromatic rings. The van der Waals surface area contributed by atoms with Gasteiger partial charge in [-0.2, -0.15) is 0 Å². The van der Waals surface area contributed by atoms with Crippen LogP contribution in [-0.2, 0) is 16.1 Å². The zero-order valence-corrected chi connectivity index (χ0v) is 16.6. The van der Waals surface area contributed by atoms with Gasteiger partial charge in [-0.25, -0.2) is 4.79 Å². The van der Waals surface area contributed by atoms with Crippen LogP contribution >= 0.6 is 0 Å². The van der Waals surface area contributed by atoms with Crippen LogP contribution in [0.3, 0.4) is 0 Å². The van der Waals surface area contributed by atoms with Gasteiger partial charge >= 0.3 is 5.69 Å². The van der Waals surface area contributed by atoms with Crippen molar-refractivity contribution in [3.8, 4) is 0 Å². The number of hydrogen-bond donors (Lipinski definition) is 3. The summed E-state index contributed by atoms with van der Waals surface area (Å²) in [5, 5.41) is 19.1. The molecular weight excluding hydrogens is 352 g/mol. The lowest BCUT2D eigenvalue weighted by atomic mass is 9.98. The number of rotatable bonds is 9. The molecule has 1 aliphatic heterocycles. The summed E-state index contributed by atoms with van der Waals surface area (Å²) in [5.74, 6) is 0.953. The Morgan fingerprint density at radius 3 is 2.41 bits per heavy atom. The molecule has 8 nitrogen and oxygen atoms in total. The molecule has 154 valence electrons. The lowest BCUT2D eigenvalue weighted by molar-refractivity contribution is -0.0463. The molecule has 0 aliphatic carbocycles. The minimum absolute atomic E-state index is 0.0353. The molecule has 3 atom stereocenters. The number of aliphatic hydroxyl groups is 2. The largest absolute Gasteiger partial charge is 0.394 e. The summed E-state index contributed by atoms with van der Waals surface area (Å²) in [5.41, 5.74) is -0.764. The van der Waals surface area contributed by atoms with E-state index in [1.165, 1.54) is 10.8 Å². The molecule has 0 radical (unpaired) electrons. The van der Waals surface area contributed by atoms with Crippen molar-refractivity contribution >= 4 is 0 Å². The number of aromatic amines is 1. The van der Waals surface area contributed by atoms with Gasteiger partial charge in [0.2, 0.25) is 0 Å². The summed E-state index contributed by atoms with van der Waals surface area (Å²) >= 11 is 0. The van der Waals surface area contributed by atoms with E-state index < -0.39 is 29.7 Å². The summed E-state index contributed by atoms with van der Waals surface area (Å²) in [7, 11) is 0. The monoisotopic (exact) mass is 384 g/mol. The smallest absolute Gasteiger partial charge is 0.330 e. The zero-order valence-electron chi connectivity index (χ0n) is 16.6. The zero-order chi connectivity index (χ0) is 20.1. The molecule has 27 heavy (non-hydrogen) atoms. The lowest BCUT2D eigenvalue weighted by Crippen LogP contribution is -2.35. The summed E-state index contributed by atoms with van der Waals surface area (Å²) in [4.78, 5) is 26.6. The molecule has 2 rings (SSSR count). The van der Waals surface area contributed by atoms with Crippen LogP contribution in [-0.4, -0.2) is 44.7 Å². The molecule has 0 unspecified atom stereocenters. The molecule has 8 heteroatoms. The van der Waals surface area contributed by atoms with Crippen LogP contribution in [0.1, 0.15) is 58.7 Å². The van der Waals surface area contributed by atoms with E-state index in [9.17, 15) is 19.8 Å². The third-order valence-corrected chi connectivity index (χ3v) is 4.68. The molecular formula is C19H32N2O6. The van der Waals surface area contributed by atoms with Crippen LogP contribution in [0.5, 0.6) is 0 Å². The van der Waals surface area contributed by atoms with Crippen molar-refractivity contribution in [3.63, 3.8) is 0 Å². The summed E-state index contributed by atoms with van der Waals surface area (Å²) in [6.45, 7) is 8.28. The first-order valence-corrected chi connectivity index (χ1v) is 9.61. The van der Waals surface area contributed by atoms with E-state index in [2.05, 4.69) is 32.7 Å². The highest BCUT2D eigenvalue weighted by atomic mass is 16.5. The lowest BCUT2D eigenvalue weighted by Gasteiger charge is -2.22. The average Bonchev–Trinajstić information content (AvgIpc) is 2.93. The Balaban J connectivity index is 2.15. The first-order valence-electron chi connectivity index (χ1n) is 9.61. The van der Waals surface area contributed by atoms with Gasteiger partial charge in [0, 0.05) is 12.6 Å². The quantitative estimate of drug-likeness (QED) is 0.589. The van der Waals surface area contributed by atoms with Gasteiger partial charge in [-0.1, -0.05) is 27.7 Å². The van der Waals surface area contributed by atoms with Crippen molar-refractivity contribution in [1.29, 1.82) is 0 Å². The third kappa shape index (κ3) is 6.00. The fourth-order valence-corrected chi connectivity index (χ4v) is 3.39. The van der Waals surface area contributed by atoms with Crippen LogP contribution in [0, 0.1) is 11.8 Å². The molecule has 0 bridgehead atoms. The number of aliphatic hydroxyl groups excluding tert-OH is 2. The van der Waals surface area contributed by atoms with E-state index in [1.807, 2.05) is 0 Å². The van der Waals surface area contributed by atoms with Crippen molar-refractivity contribution in [1.82, 2.24) is 9.55 Å². The number of ether oxygens (including phenoxy) is 2. The highest BCUT2D eigenvalue weighted by molar-refractivity contribution is 5.04. The molecule has 1 aromatic heterocycles. The van der Waals surface area contributed by atoms with Crippen LogP contribution in [0.15, 0.2) is 15.8 Å². The second-order valence-electron chi connectivity index (χ2n) is 8.13. The van der Waals surface area contributed by atoms with Crippen molar-refractivity contribution in [2.24, 2.45) is 11.8 Å². The van der Waals surface area contributed by atoms with Crippen molar-refractivity contribution in [2.75, 3.05) is 6.61 Å². The highest BCUT2D eigenvalue weighted by Gasteiger charge is 2.35. The molecule has 0 amide bonds. The minimum atomic E-state index is -0.861. The molecule has 0 saturated carbocycles. The molecule has 0 spiro atoms. The van der Waals surface area contributed by atoms with Crippen molar-refractivity contribution in [3.05, 3.63) is 32.6 Å². The average molecular weight is 384 g/mol. The van der Waals surface area contributed by atoms with E-state index in [0.29, 0.717) is 17.4 Å². The summed E-state index contributed by atoms with van der Waals surface area (Å²) in [6.07, 6.45) is 1.09. The fourth-order valence-electron chi connectivity index (χ4n) is 3.39. The summed E-state index contributed by atoms with van der Waals surface area (Å²) in [6, 6.07) is 0. The van der Waals surface area contributed by atoms with Gasteiger partial charge in [-0.15, -0.1) is 0 Å². The predicted octanol–water partition coefficient (Wildman–Crippen LogP) is 1.15. The Bertz CT molecular complexity index is 701. The Labute approximate surface area is 159 Å². The van der Waals surface area contributed by atoms with Crippen LogP contribution < -0.4 is 11.2 Å². The van der Waals surface area contributed by atoms with Gasteiger partial charge in [0.25, 0.3) is 5.56 Å². The maximum absolute atomic E-state index is 12.2. The Morgan fingerprint density at radius 2 is 1.89 bits per heavy atom. The predicted molar refractivity (Wildman–Crippen MR) is 100 cm³/mol. The molecule has 0 aromatic carbocycles. The number of hydrogen-bond acceptors (Lipinski definition) is 6. The van der Waals surface area contributed by atoms with Gasteiger partial charge < -0.3 is 19.7 Å². The van der Waals surface area contributed by atoms with E-state index in [1.54, 1.807) is 0 Å². The molecule has 1 aliphatic rings. The maximum Gasteiger partial charge on any atom is 0.330 e. The van der Waals surface area contributed by atoms with Crippen LogP contribution in [0.2, 0.25) is 0 Å². The maximum atomic E-state index is 12.2. The second-order valence-corrected chi connectivity index (χ2v) is 8.13. The SMILES string of the molecule is CC(C)CC(CC(C)C)OCc1cn([C@H]2C[C@@H](O)[C@@H](CO)O2)c(=O)[nH]c1=O. The molecule has 2 heterocycles. The van der Waals surface area contributed by atoms with Crippen molar-refractivity contribution in [2.45, 2.75) is 78.1 Å². The van der Waals surface area contributed by atoms with Gasteiger partial charge in [0.15, 0.2) is 0 Å². The van der Waals surface area contributed by atoms with Gasteiger partial charge in [0.1, 0.15) is 12.3 Å². The van der Waals surface area contributed by atoms with Gasteiger partial charge in [0.05, 0.1) is 31.0 Å². The highest BCUT2D eigenvalue weighted by Crippen LogP contribution is 2.27. The normalized spacial score (nSPS) is 23.1. The van der Waals surface area contributed by atoms with E-state index >= 15 is 0 Å². The van der Waals surface area contributed by atoms with E-state index in [-0.39, 0.29) is 25.7 Å². The third-order valence-electron chi connectivity index (χ3n) is 4.68. The van der Waals surface area contributed by atoms with E-state index in [4.69, 9.17) is 9.47 Å². The molecule has 3 N–H and O–H groups in total. The standard InChI is InChI=1S/C19H32N2O6/c1-11(2)5-14(6-12(3)4)26-10-13-8-21(19(25)20-18(13)24)17-7-15(23)16(9-22)27-17/h8,11-12,14-17,22-23H,5-7,9-10H2,1-4H3,(H,20,24,25)/t15-,16-,17-/m1/s1. The Hall–Kier alpha value is -1.48. The Kier molecular flexibility index (Phi) is 7.79. The van der Waals surface area contributed by atoms with Gasteiger partial charge in [-0.05, 0) is 24.7 Å². The van der Waals surface area contributed by atoms with E-state index in [0.717, 1.165) is 12.8 Å². The molecule has 1 fully saturated rings. The topological polar surface area (TPSA) is 114 Å². The first kappa shape index (κ1) is 21.8. The van der Waals surface area contributed by atoms with Crippen LogP contribution in [0.25, 0.3) is 0 Å². The number of nitrogens with zero attached hydrogens (tertiary/aromatic N) is 1. The first-order chi connectivity index (χ1) is 12.7. The van der Waals surface area contributed by atoms with Gasteiger partial charge in [-0.3, -0.25) is 14.3 Å².